The number of thiol groups is 1. The molecule has 3 amide bonds. The van der Waals surface area contributed by atoms with Gasteiger partial charge in [0, 0.05) is 12.3 Å². The van der Waals surface area contributed by atoms with E-state index in [1.54, 1.807) is 0 Å². The normalized spacial score (nSPS) is 13.4. The van der Waals surface area contributed by atoms with Crippen molar-refractivity contribution in [2.75, 3.05) is 25.4 Å². The standard InChI is InChI=1S/C17H34N8O5S/c18-6-2-1-4-10(19)14(27)23-8-13(26)24-12(9-31)15(28)25-11(16(29)30)5-3-7-22-17(20)21/h10-12,31H,1-9,18-19H2,(H,23,27)(H,24,26)(H,25,28)(H,29,30)(H4,20,21,22)/t10-,11-,12-/m0/s1. The highest BCUT2D eigenvalue weighted by Crippen LogP contribution is 2.01. The van der Waals surface area contributed by atoms with Crippen molar-refractivity contribution in [3.63, 3.8) is 0 Å². The smallest absolute Gasteiger partial charge is 0.326 e. The molecule has 178 valence electrons. The van der Waals surface area contributed by atoms with Crippen molar-refractivity contribution in [3.05, 3.63) is 0 Å². The molecule has 0 heterocycles. The van der Waals surface area contributed by atoms with E-state index in [1.165, 1.54) is 0 Å². The molecule has 0 aromatic carbocycles. The van der Waals surface area contributed by atoms with Crippen molar-refractivity contribution >= 4 is 42.3 Å². The van der Waals surface area contributed by atoms with Gasteiger partial charge in [-0.05, 0) is 32.2 Å². The maximum absolute atomic E-state index is 12.3. The topological polar surface area (TPSA) is 241 Å². The molecule has 0 aliphatic carbocycles. The summed E-state index contributed by atoms with van der Waals surface area (Å²) >= 11 is 4.01. The summed E-state index contributed by atoms with van der Waals surface area (Å²) in [6, 6.07) is -3.05. The molecule has 0 saturated heterocycles. The summed E-state index contributed by atoms with van der Waals surface area (Å²) in [5.74, 6) is -3.29. The molecule has 0 unspecified atom stereocenters. The van der Waals surface area contributed by atoms with E-state index in [0.717, 1.165) is 6.42 Å². The van der Waals surface area contributed by atoms with Crippen LogP contribution in [0.25, 0.3) is 0 Å². The largest absolute Gasteiger partial charge is 0.480 e. The summed E-state index contributed by atoms with van der Waals surface area (Å²) in [4.78, 5) is 51.4. The molecule has 0 aromatic heterocycles. The Labute approximate surface area is 186 Å². The van der Waals surface area contributed by atoms with Gasteiger partial charge in [-0.2, -0.15) is 12.6 Å². The fourth-order valence-corrected chi connectivity index (χ4v) is 2.67. The molecular weight excluding hydrogens is 428 g/mol. The first-order chi connectivity index (χ1) is 14.6. The Morgan fingerprint density at radius 1 is 0.968 bits per heavy atom. The third-order valence-electron chi connectivity index (χ3n) is 4.12. The van der Waals surface area contributed by atoms with Gasteiger partial charge in [-0.3, -0.25) is 19.4 Å². The number of carboxylic acids is 1. The highest BCUT2D eigenvalue weighted by atomic mass is 32.1. The number of aliphatic carboxylic acids is 1. The Morgan fingerprint density at radius 3 is 2.19 bits per heavy atom. The van der Waals surface area contributed by atoms with Crippen molar-refractivity contribution in [2.24, 2.45) is 27.9 Å². The molecule has 0 radical (unpaired) electrons. The number of nitrogens with zero attached hydrogens (tertiary/aromatic N) is 1. The number of hydrogen-bond donors (Lipinski definition) is 9. The summed E-state index contributed by atoms with van der Waals surface area (Å²) < 4.78 is 0. The number of guanidine groups is 1. The number of hydrogen-bond acceptors (Lipinski definition) is 8. The van der Waals surface area contributed by atoms with Gasteiger partial charge in [-0.25, -0.2) is 4.79 Å². The number of unbranched alkanes of at least 4 members (excludes halogenated alkanes) is 1. The summed E-state index contributed by atoms with van der Waals surface area (Å²) in [7, 11) is 0. The van der Waals surface area contributed by atoms with Crippen LogP contribution >= 0.6 is 12.6 Å². The van der Waals surface area contributed by atoms with E-state index in [0.29, 0.717) is 25.8 Å². The monoisotopic (exact) mass is 462 g/mol. The van der Waals surface area contributed by atoms with Crippen molar-refractivity contribution in [3.8, 4) is 0 Å². The van der Waals surface area contributed by atoms with E-state index in [4.69, 9.17) is 22.9 Å². The first-order valence-electron chi connectivity index (χ1n) is 9.84. The lowest BCUT2D eigenvalue weighted by atomic mass is 10.1. The molecule has 0 fully saturated rings. The number of nitrogens with one attached hydrogen (secondary N) is 3. The molecule has 0 bridgehead atoms. The zero-order valence-electron chi connectivity index (χ0n) is 17.4. The fraction of sp³-hybridized carbons (Fsp3) is 0.706. The van der Waals surface area contributed by atoms with Gasteiger partial charge >= 0.3 is 5.97 Å². The van der Waals surface area contributed by atoms with E-state index < -0.39 is 41.8 Å². The van der Waals surface area contributed by atoms with E-state index >= 15 is 0 Å². The van der Waals surface area contributed by atoms with Crippen molar-refractivity contribution in [1.29, 1.82) is 0 Å². The summed E-state index contributed by atoms with van der Waals surface area (Å²) in [5.41, 5.74) is 21.5. The molecule has 3 atom stereocenters. The Hall–Kier alpha value is -2.58. The molecule has 0 aromatic rings. The molecular formula is C17H34N8O5S. The third kappa shape index (κ3) is 13.4. The lowest BCUT2D eigenvalue weighted by Gasteiger charge is -2.20. The average molecular weight is 463 g/mol. The second kappa shape index (κ2) is 16.2. The molecule has 0 aliphatic rings. The minimum Gasteiger partial charge on any atom is -0.480 e. The average Bonchev–Trinajstić information content (AvgIpc) is 2.71. The van der Waals surface area contributed by atoms with E-state index in [1.807, 2.05) is 0 Å². The second-order valence-electron chi connectivity index (χ2n) is 6.76. The Bertz CT molecular complexity index is 630. The van der Waals surface area contributed by atoms with Gasteiger partial charge in [0.1, 0.15) is 12.1 Å². The quantitative estimate of drug-likeness (QED) is 0.0479. The van der Waals surface area contributed by atoms with Gasteiger partial charge in [0.25, 0.3) is 0 Å². The SMILES string of the molecule is NCCCC[C@H](N)C(=O)NCC(=O)N[C@@H](CS)C(=O)N[C@@H](CCCN=C(N)N)C(=O)O. The first kappa shape index (κ1) is 28.4. The van der Waals surface area contributed by atoms with Crippen molar-refractivity contribution in [2.45, 2.75) is 50.2 Å². The number of carbonyl (C=O) groups excluding carboxylic acids is 3. The molecule has 0 aliphatic heterocycles. The maximum Gasteiger partial charge on any atom is 0.326 e. The Balaban J connectivity index is 4.55. The minimum absolute atomic E-state index is 0.0789. The van der Waals surface area contributed by atoms with Gasteiger partial charge < -0.3 is 44.0 Å². The molecule has 13 nitrogen and oxygen atoms in total. The predicted octanol–water partition coefficient (Wildman–Crippen LogP) is -3.40. The Morgan fingerprint density at radius 2 is 1.65 bits per heavy atom. The van der Waals surface area contributed by atoms with E-state index in [-0.39, 0.29) is 31.2 Å². The van der Waals surface area contributed by atoms with Gasteiger partial charge in [0.05, 0.1) is 12.6 Å². The molecule has 14 heteroatoms. The van der Waals surface area contributed by atoms with Crippen LogP contribution in [0.5, 0.6) is 0 Å². The van der Waals surface area contributed by atoms with Crippen LogP contribution in [-0.2, 0) is 19.2 Å². The van der Waals surface area contributed by atoms with E-state index in [2.05, 4.69) is 33.6 Å². The van der Waals surface area contributed by atoms with Crippen molar-refractivity contribution in [1.82, 2.24) is 16.0 Å². The van der Waals surface area contributed by atoms with Crippen LogP contribution in [-0.4, -0.2) is 78.3 Å². The molecule has 0 rings (SSSR count). The van der Waals surface area contributed by atoms with Crippen LogP contribution in [0.15, 0.2) is 4.99 Å². The zero-order valence-corrected chi connectivity index (χ0v) is 18.3. The van der Waals surface area contributed by atoms with Gasteiger partial charge in [-0.15, -0.1) is 0 Å². The van der Waals surface area contributed by atoms with Gasteiger partial charge in [0.2, 0.25) is 17.7 Å². The Kier molecular flexibility index (Phi) is 14.8. The van der Waals surface area contributed by atoms with Crippen LogP contribution < -0.4 is 38.9 Å². The second-order valence-corrected chi connectivity index (χ2v) is 7.12. The minimum atomic E-state index is -1.24. The van der Waals surface area contributed by atoms with Crippen LogP contribution in [0.1, 0.15) is 32.1 Å². The summed E-state index contributed by atoms with van der Waals surface area (Å²) in [5, 5.41) is 16.4. The highest BCUT2D eigenvalue weighted by molar-refractivity contribution is 7.80. The number of carboxylic acid groups (broad SMARTS) is 1. The van der Waals surface area contributed by atoms with Crippen LogP contribution in [0.3, 0.4) is 0 Å². The molecule has 31 heavy (non-hydrogen) atoms. The lowest BCUT2D eigenvalue weighted by molar-refractivity contribution is -0.142. The zero-order chi connectivity index (χ0) is 23.8. The fourth-order valence-electron chi connectivity index (χ4n) is 2.41. The first-order valence-corrected chi connectivity index (χ1v) is 10.5. The highest BCUT2D eigenvalue weighted by Gasteiger charge is 2.25. The molecule has 0 spiro atoms. The summed E-state index contributed by atoms with van der Waals surface area (Å²) in [6.07, 6.45) is 2.28. The van der Waals surface area contributed by atoms with Crippen LogP contribution in [0.2, 0.25) is 0 Å². The third-order valence-corrected chi connectivity index (χ3v) is 4.49. The summed E-state index contributed by atoms with van der Waals surface area (Å²) in [6.45, 7) is 0.327. The van der Waals surface area contributed by atoms with Crippen molar-refractivity contribution < 1.29 is 24.3 Å². The number of aliphatic imine (C=N–C) groups is 1. The van der Waals surface area contributed by atoms with Gasteiger partial charge in [-0.1, -0.05) is 6.42 Å². The number of nitrogens with two attached hydrogens (primary N) is 4. The van der Waals surface area contributed by atoms with Crippen LogP contribution in [0.4, 0.5) is 0 Å². The molecule has 12 N–H and O–H groups in total. The number of carbonyl (C=O) groups is 4. The predicted molar refractivity (Wildman–Crippen MR) is 119 cm³/mol. The number of rotatable bonds is 16. The molecule has 0 saturated carbocycles. The van der Waals surface area contributed by atoms with E-state index in [9.17, 15) is 24.3 Å². The van der Waals surface area contributed by atoms with Gasteiger partial charge in [0.15, 0.2) is 5.96 Å². The maximum atomic E-state index is 12.3. The lowest BCUT2D eigenvalue weighted by Crippen LogP contribution is -2.54. The van der Waals surface area contributed by atoms with Crippen LogP contribution in [0, 0.1) is 0 Å². The number of amides is 3.